The molecule has 1 aliphatic carbocycles. The van der Waals surface area contributed by atoms with Gasteiger partial charge in [0, 0.05) is 29.8 Å². The number of Topliss-reactive ketones (excluding diaryl/α,β-unsaturated/α-hetero) is 1. The fourth-order valence-electron chi connectivity index (χ4n) is 4.14. The molecule has 4 rings (SSSR count). The molecular formula is C22H23NO3. The van der Waals surface area contributed by atoms with Crippen LogP contribution in [0.4, 0.5) is 5.69 Å². The van der Waals surface area contributed by atoms with Crippen LogP contribution in [0.25, 0.3) is 0 Å². The van der Waals surface area contributed by atoms with Crippen molar-refractivity contribution < 1.29 is 14.0 Å². The van der Waals surface area contributed by atoms with E-state index >= 15 is 0 Å². The summed E-state index contributed by atoms with van der Waals surface area (Å²) in [5, 5.41) is 0. The predicted molar refractivity (Wildman–Crippen MR) is 99.8 cm³/mol. The van der Waals surface area contributed by atoms with E-state index in [9.17, 15) is 9.59 Å². The summed E-state index contributed by atoms with van der Waals surface area (Å²) in [6.07, 6.45) is 3.06. The van der Waals surface area contributed by atoms with Crippen molar-refractivity contribution >= 4 is 17.4 Å². The van der Waals surface area contributed by atoms with Gasteiger partial charge in [-0.15, -0.1) is 0 Å². The van der Waals surface area contributed by atoms with Crippen LogP contribution in [0, 0.1) is 12.3 Å². The number of anilines is 1. The topological polar surface area (TPSA) is 50.5 Å². The molecule has 1 atom stereocenters. The first-order valence-electron chi connectivity index (χ1n) is 9.05. The van der Waals surface area contributed by atoms with Gasteiger partial charge in [0.15, 0.2) is 5.78 Å². The Morgan fingerprint density at radius 2 is 1.81 bits per heavy atom. The normalized spacial score (nSPS) is 22.6. The summed E-state index contributed by atoms with van der Waals surface area (Å²) in [6, 6.07) is 11.6. The molecule has 0 fully saturated rings. The average Bonchev–Trinajstić information content (AvgIpc) is 3.08. The van der Waals surface area contributed by atoms with E-state index in [1.807, 2.05) is 43.3 Å². The minimum absolute atomic E-state index is 0.0134. The number of ketones is 1. The molecule has 1 aromatic heterocycles. The number of amides is 1. The SMILES string of the molecule is Cc1ccc(N2C(=O)CC(c3ccco3)C3=C2CC(C)(C)CC3=O)cc1. The van der Waals surface area contributed by atoms with Crippen LogP contribution >= 0.6 is 0 Å². The molecular weight excluding hydrogens is 326 g/mol. The molecule has 1 amide bonds. The summed E-state index contributed by atoms with van der Waals surface area (Å²) >= 11 is 0. The van der Waals surface area contributed by atoms with Crippen molar-refractivity contribution in [2.24, 2.45) is 5.41 Å². The third kappa shape index (κ3) is 2.79. The Kier molecular flexibility index (Phi) is 3.87. The lowest BCUT2D eigenvalue weighted by Crippen LogP contribution is -2.43. The van der Waals surface area contributed by atoms with Gasteiger partial charge in [-0.3, -0.25) is 14.5 Å². The Morgan fingerprint density at radius 1 is 1.08 bits per heavy atom. The number of hydrogen-bond acceptors (Lipinski definition) is 3. The first-order valence-corrected chi connectivity index (χ1v) is 9.05. The van der Waals surface area contributed by atoms with Gasteiger partial charge in [-0.1, -0.05) is 31.5 Å². The van der Waals surface area contributed by atoms with Gasteiger partial charge in [-0.05, 0) is 43.0 Å². The molecule has 26 heavy (non-hydrogen) atoms. The van der Waals surface area contributed by atoms with Crippen LogP contribution in [0.5, 0.6) is 0 Å². The number of aryl methyl sites for hydroxylation is 1. The van der Waals surface area contributed by atoms with E-state index in [1.54, 1.807) is 11.2 Å². The van der Waals surface area contributed by atoms with E-state index in [0.717, 1.165) is 22.5 Å². The fourth-order valence-corrected chi connectivity index (χ4v) is 4.14. The second-order valence-electron chi connectivity index (χ2n) is 8.14. The maximum atomic E-state index is 13.1. The molecule has 134 valence electrons. The second-order valence-corrected chi connectivity index (χ2v) is 8.14. The maximum absolute atomic E-state index is 13.1. The van der Waals surface area contributed by atoms with Crippen LogP contribution in [0.15, 0.2) is 58.3 Å². The van der Waals surface area contributed by atoms with Gasteiger partial charge < -0.3 is 4.42 Å². The minimum atomic E-state index is -0.280. The molecule has 1 aromatic carbocycles. The van der Waals surface area contributed by atoms with Gasteiger partial charge >= 0.3 is 0 Å². The molecule has 0 N–H and O–H groups in total. The molecule has 2 heterocycles. The van der Waals surface area contributed by atoms with Crippen molar-refractivity contribution in [1.29, 1.82) is 0 Å². The summed E-state index contributed by atoms with van der Waals surface area (Å²) in [5.74, 6) is 0.557. The van der Waals surface area contributed by atoms with Gasteiger partial charge in [-0.25, -0.2) is 0 Å². The average molecular weight is 349 g/mol. The fraction of sp³-hybridized carbons (Fsp3) is 0.364. The van der Waals surface area contributed by atoms with Crippen LogP contribution in [0.1, 0.15) is 50.4 Å². The number of nitrogens with zero attached hydrogens (tertiary/aromatic N) is 1. The molecule has 4 nitrogen and oxygen atoms in total. The number of benzene rings is 1. The number of rotatable bonds is 2. The standard InChI is InChI=1S/C22H23NO3/c1-14-6-8-15(9-7-14)23-17-12-22(2,3)13-18(24)21(17)16(11-20(23)25)19-5-4-10-26-19/h4-10,16H,11-13H2,1-3H3. The summed E-state index contributed by atoms with van der Waals surface area (Å²) in [4.78, 5) is 27.9. The third-order valence-corrected chi connectivity index (χ3v) is 5.32. The van der Waals surface area contributed by atoms with Crippen LogP contribution in [-0.4, -0.2) is 11.7 Å². The summed E-state index contributed by atoms with van der Waals surface area (Å²) in [6.45, 7) is 6.19. The summed E-state index contributed by atoms with van der Waals surface area (Å²) in [7, 11) is 0. The molecule has 0 spiro atoms. The zero-order valence-corrected chi connectivity index (χ0v) is 15.4. The minimum Gasteiger partial charge on any atom is -0.469 e. The van der Waals surface area contributed by atoms with Gasteiger partial charge in [0.25, 0.3) is 0 Å². The molecule has 0 saturated carbocycles. The molecule has 1 aliphatic heterocycles. The third-order valence-electron chi connectivity index (χ3n) is 5.32. The number of allylic oxidation sites excluding steroid dienone is 2. The number of carbonyl (C=O) groups is 2. The lowest BCUT2D eigenvalue weighted by atomic mass is 9.70. The zero-order chi connectivity index (χ0) is 18.5. The Hall–Kier alpha value is -2.62. The number of carbonyl (C=O) groups excluding carboxylic acids is 2. The Morgan fingerprint density at radius 3 is 2.46 bits per heavy atom. The van der Waals surface area contributed by atoms with Gasteiger partial charge in [0.05, 0.1) is 12.2 Å². The largest absolute Gasteiger partial charge is 0.469 e. The quantitative estimate of drug-likeness (QED) is 0.786. The lowest BCUT2D eigenvalue weighted by Gasteiger charge is -2.42. The van der Waals surface area contributed by atoms with Crippen molar-refractivity contribution in [3.63, 3.8) is 0 Å². The Balaban J connectivity index is 1.89. The molecule has 0 radical (unpaired) electrons. The summed E-state index contributed by atoms with van der Waals surface area (Å²) in [5.41, 5.74) is 3.40. The Labute approximate surface area is 153 Å². The van der Waals surface area contributed by atoms with Gasteiger partial charge in [0.1, 0.15) is 5.76 Å². The maximum Gasteiger partial charge on any atom is 0.232 e. The Bertz CT molecular complexity index is 888. The van der Waals surface area contributed by atoms with E-state index in [1.165, 1.54) is 0 Å². The molecule has 1 unspecified atom stereocenters. The van der Waals surface area contributed by atoms with Crippen LogP contribution in [-0.2, 0) is 9.59 Å². The van der Waals surface area contributed by atoms with Crippen molar-refractivity contribution in [2.45, 2.75) is 46.0 Å². The van der Waals surface area contributed by atoms with E-state index in [2.05, 4.69) is 13.8 Å². The van der Waals surface area contributed by atoms with Crippen molar-refractivity contribution in [3.05, 3.63) is 65.3 Å². The smallest absolute Gasteiger partial charge is 0.232 e. The number of furan rings is 1. The molecule has 0 bridgehead atoms. The molecule has 2 aliphatic rings. The van der Waals surface area contributed by atoms with E-state index in [4.69, 9.17) is 4.42 Å². The molecule has 0 saturated heterocycles. The van der Waals surface area contributed by atoms with Crippen LogP contribution < -0.4 is 4.90 Å². The highest BCUT2D eigenvalue weighted by Gasteiger charge is 2.45. The van der Waals surface area contributed by atoms with Gasteiger partial charge in [-0.2, -0.15) is 0 Å². The summed E-state index contributed by atoms with van der Waals surface area (Å²) < 4.78 is 5.57. The van der Waals surface area contributed by atoms with E-state index in [0.29, 0.717) is 18.6 Å². The highest BCUT2D eigenvalue weighted by atomic mass is 16.3. The second kappa shape index (κ2) is 5.97. The van der Waals surface area contributed by atoms with Crippen molar-refractivity contribution in [3.8, 4) is 0 Å². The monoisotopic (exact) mass is 349 g/mol. The van der Waals surface area contributed by atoms with Crippen LogP contribution in [0.3, 0.4) is 0 Å². The van der Waals surface area contributed by atoms with Crippen LogP contribution in [0.2, 0.25) is 0 Å². The van der Waals surface area contributed by atoms with Gasteiger partial charge in [0.2, 0.25) is 5.91 Å². The molecule has 2 aromatic rings. The zero-order valence-electron chi connectivity index (χ0n) is 15.4. The first kappa shape index (κ1) is 16.8. The van der Waals surface area contributed by atoms with E-state index in [-0.39, 0.29) is 29.4 Å². The highest BCUT2D eigenvalue weighted by Crippen LogP contribution is 2.48. The predicted octanol–water partition coefficient (Wildman–Crippen LogP) is 4.75. The highest BCUT2D eigenvalue weighted by molar-refractivity contribution is 6.07. The first-order chi connectivity index (χ1) is 12.4. The lowest BCUT2D eigenvalue weighted by molar-refractivity contribution is -0.121. The van der Waals surface area contributed by atoms with Crippen molar-refractivity contribution in [1.82, 2.24) is 0 Å². The van der Waals surface area contributed by atoms with Crippen molar-refractivity contribution in [2.75, 3.05) is 4.90 Å². The number of hydrogen-bond donors (Lipinski definition) is 0. The molecule has 4 heteroatoms. The van der Waals surface area contributed by atoms with E-state index < -0.39 is 0 Å².